The van der Waals surface area contributed by atoms with Gasteiger partial charge in [-0.15, -0.1) is 0 Å². The zero-order valence-corrected chi connectivity index (χ0v) is 9.71. The molecule has 1 atom stereocenters. The first-order chi connectivity index (χ1) is 6.20. The molecule has 0 saturated heterocycles. The molecule has 0 aliphatic heterocycles. The Bertz CT molecular complexity index is 270. The van der Waals surface area contributed by atoms with Crippen LogP contribution in [0.5, 0.6) is 0 Å². The van der Waals surface area contributed by atoms with E-state index in [0.717, 1.165) is 24.1 Å². The average Bonchev–Trinajstić information content (AvgIpc) is 2.47. The Labute approximate surface area is 87.4 Å². The summed E-state index contributed by atoms with van der Waals surface area (Å²) in [7, 11) is 0. The van der Waals surface area contributed by atoms with Crippen molar-refractivity contribution < 1.29 is 0 Å². The van der Waals surface area contributed by atoms with Crippen LogP contribution in [0, 0.1) is 0 Å². The van der Waals surface area contributed by atoms with Gasteiger partial charge in [-0.2, -0.15) is 5.10 Å². The number of aromatic nitrogens is 2. The van der Waals surface area contributed by atoms with E-state index in [0.29, 0.717) is 5.92 Å². The van der Waals surface area contributed by atoms with E-state index in [1.165, 1.54) is 5.56 Å². The maximum Gasteiger partial charge on any atom is 0.107 e. The van der Waals surface area contributed by atoms with Gasteiger partial charge < -0.3 is 5.73 Å². The first kappa shape index (κ1) is 10.7. The van der Waals surface area contributed by atoms with E-state index in [9.17, 15) is 0 Å². The Morgan fingerprint density at radius 3 is 2.85 bits per heavy atom. The Morgan fingerprint density at radius 1 is 1.69 bits per heavy atom. The van der Waals surface area contributed by atoms with Gasteiger partial charge in [0.05, 0.1) is 6.20 Å². The molecule has 1 aromatic rings. The van der Waals surface area contributed by atoms with Crippen LogP contribution in [0.1, 0.15) is 31.7 Å². The van der Waals surface area contributed by atoms with Gasteiger partial charge in [0.15, 0.2) is 0 Å². The molecule has 1 aromatic heterocycles. The summed E-state index contributed by atoms with van der Waals surface area (Å²) in [5.41, 5.74) is 6.77. The van der Waals surface area contributed by atoms with Gasteiger partial charge in [-0.05, 0) is 41.7 Å². The molecule has 1 unspecified atom stereocenters. The molecule has 0 spiro atoms. The number of nitrogens with zero attached hydrogens (tertiary/aromatic N) is 2. The van der Waals surface area contributed by atoms with E-state index in [1.54, 1.807) is 0 Å². The van der Waals surface area contributed by atoms with E-state index >= 15 is 0 Å². The summed E-state index contributed by atoms with van der Waals surface area (Å²) >= 11 is 3.54. The normalized spacial score (nSPS) is 13.2. The molecule has 0 bridgehead atoms. The van der Waals surface area contributed by atoms with E-state index < -0.39 is 0 Å². The third-order valence-electron chi connectivity index (χ3n) is 2.23. The summed E-state index contributed by atoms with van der Waals surface area (Å²) in [5.74, 6) is 0.486. The third kappa shape index (κ3) is 2.31. The lowest BCUT2D eigenvalue weighted by atomic mass is 10.0. The van der Waals surface area contributed by atoms with Crippen LogP contribution in [0.4, 0.5) is 0 Å². The first-order valence-corrected chi connectivity index (χ1v) is 5.41. The molecule has 0 saturated carbocycles. The number of halogens is 1. The Morgan fingerprint density at radius 2 is 2.38 bits per heavy atom. The van der Waals surface area contributed by atoms with Gasteiger partial charge in [0.1, 0.15) is 4.60 Å². The molecule has 3 nitrogen and oxygen atoms in total. The predicted molar refractivity (Wildman–Crippen MR) is 57.7 cm³/mol. The van der Waals surface area contributed by atoms with Gasteiger partial charge in [-0.25, -0.2) is 0 Å². The highest BCUT2D eigenvalue weighted by atomic mass is 79.9. The minimum Gasteiger partial charge on any atom is -0.330 e. The van der Waals surface area contributed by atoms with Gasteiger partial charge in [0.25, 0.3) is 0 Å². The standard InChI is InChI=1S/C9H16BrN3/c1-3-13-9(10)8(6-12-13)7(2)4-5-11/h6-7H,3-5,11H2,1-2H3. The maximum absolute atomic E-state index is 5.51. The minimum absolute atomic E-state index is 0.486. The summed E-state index contributed by atoms with van der Waals surface area (Å²) in [5, 5.41) is 4.27. The number of rotatable bonds is 4. The summed E-state index contributed by atoms with van der Waals surface area (Å²) in [4.78, 5) is 0. The second kappa shape index (κ2) is 4.77. The van der Waals surface area contributed by atoms with Crippen molar-refractivity contribution in [2.45, 2.75) is 32.7 Å². The fourth-order valence-electron chi connectivity index (χ4n) is 1.34. The zero-order chi connectivity index (χ0) is 9.84. The summed E-state index contributed by atoms with van der Waals surface area (Å²) < 4.78 is 3.04. The predicted octanol–water partition coefficient (Wildman–Crippen LogP) is 2.12. The van der Waals surface area contributed by atoms with Crippen LogP contribution in [-0.4, -0.2) is 16.3 Å². The summed E-state index contributed by atoms with van der Waals surface area (Å²) in [6.45, 7) is 5.88. The largest absolute Gasteiger partial charge is 0.330 e. The molecule has 0 aliphatic rings. The van der Waals surface area contributed by atoms with Crippen LogP contribution in [0.15, 0.2) is 10.8 Å². The minimum atomic E-state index is 0.486. The highest BCUT2D eigenvalue weighted by Crippen LogP contribution is 2.26. The molecule has 2 N–H and O–H groups in total. The molecular formula is C9H16BrN3. The molecule has 0 aromatic carbocycles. The summed E-state index contributed by atoms with van der Waals surface area (Å²) in [6, 6.07) is 0. The maximum atomic E-state index is 5.51. The van der Waals surface area contributed by atoms with Crippen molar-refractivity contribution >= 4 is 15.9 Å². The van der Waals surface area contributed by atoms with E-state index in [-0.39, 0.29) is 0 Å². The van der Waals surface area contributed by atoms with Crippen molar-refractivity contribution in [3.05, 3.63) is 16.4 Å². The van der Waals surface area contributed by atoms with E-state index in [1.807, 2.05) is 10.9 Å². The van der Waals surface area contributed by atoms with Crippen molar-refractivity contribution in [3.8, 4) is 0 Å². The molecule has 74 valence electrons. The van der Waals surface area contributed by atoms with Crippen LogP contribution in [0.25, 0.3) is 0 Å². The SMILES string of the molecule is CCn1ncc(C(C)CCN)c1Br. The van der Waals surface area contributed by atoms with Gasteiger partial charge in [-0.1, -0.05) is 6.92 Å². The van der Waals surface area contributed by atoms with Gasteiger partial charge in [0.2, 0.25) is 0 Å². The summed E-state index contributed by atoms with van der Waals surface area (Å²) in [6.07, 6.45) is 2.93. The average molecular weight is 246 g/mol. The van der Waals surface area contributed by atoms with Crippen molar-refractivity contribution in [2.24, 2.45) is 5.73 Å². The van der Waals surface area contributed by atoms with Crippen LogP contribution in [0.3, 0.4) is 0 Å². The lowest BCUT2D eigenvalue weighted by molar-refractivity contribution is 0.637. The highest BCUT2D eigenvalue weighted by molar-refractivity contribution is 9.10. The molecule has 0 fully saturated rings. The molecule has 0 amide bonds. The van der Waals surface area contributed by atoms with E-state index in [2.05, 4.69) is 34.9 Å². The fraction of sp³-hybridized carbons (Fsp3) is 0.667. The lowest BCUT2D eigenvalue weighted by Gasteiger charge is -2.08. The van der Waals surface area contributed by atoms with Crippen molar-refractivity contribution in [2.75, 3.05) is 6.54 Å². The molecule has 1 heterocycles. The third-order valence-corrected chi connectivity index (χ3v) is 3.10. The van der Waals surface area contributed by atoms with Crippen LogP contribution in [-0.2, 0) is 6.54 Å². The van der Waals surface area contributed by atoms with Crippen molar-refractivity contribution in [1.29, 1.82) is 0 Å². The second-order valence-corrected chi connectivity index (χ2v) is 3.94. The molecule has 4 heteroatoms. The van der Waals surface area contributed by atoms with Crippen molar-refractivity contribution in [1.82, 2.24) is 9.78 Å². The molecule has 0 radical (unpaired) electrons. The topological polar surface area (TPSA) is 43.8 Å². The lowest BCUT2D eigenvalue weighted by Crippen LogP contribution is -2.05. The van der Waals surface area contributed by atoms with Gasteiger partial charge >= 0.3 is 0 Å². The van der Waals surface area contributed by atoms with Gasteiger partial charge in [0, 0.05) is 12.1 Å². The zero-order valence-electron chi connectivity index (χ0n) is 8.13. The van der Waals surface area contributed by atoms with Crippen molar-refractivity contribution in [3.63, 3.8) is 0 Å². The second-order valence-electron chi connectivity index (χ2n) is 3.18. The van der Waals surface area contributed by atoms with Gasteiger partial charge in [-0.3, -0.25) is 4.68 Å². The van der Waals surface area contributed by atoms with Crippen LogP contribution >= 0.6 is 15.9 Å². The molecular weight excluding hydrogens is 230 g/mol. The fourth-order valence-corrected chi connectivity index (χ4v) is 2.18. The monoisotopic (exact) mass is 245 g/mol. The Kier molecular flexibility index (Phi) is 3.93. The van der Waals surface area contributed by atoms with E-state index in [4.69, 9.17) is 5.73 Å². The number of hydrogen-bond acceptors (Lipinski definition) is 2. The first-order valence-electron chi connectivity index (χ1n) is 4.62. The molecule has 13 heavy (non-hydrogen) atoms. The highest BCUT2D eigenvalue weighted by Gasteiger charge is 2.12. The smallest absolute Gasteiger partial charge is 0.107 e. The quantitative estimate of drug-likeness (QED) is 0.884. The van der Waals surface area contributed by atoms with Crippen LogP contribution in [0.2, 0.25) is 0 Å². The number of hydrogen-bond donors (Lipinski definition) is 1. The molecule has 1 rings (SSSR count). The van der Waals surface area contributed by atoms with Crippen LogP contribution < -0.4 is 5.73 Å². The Hall–Kier alpha value is -0.350. The Balaban J connectivity index is 2.82. The number of aryl methyl sites for hydroxylation is 1. The number of nitrogens with two attached hydrogens (primary N) is 1. The molecule has 0 aliphatic carbocycles.